The molecule has 26 heavy (non-hydrogen) atoms. The molecule has 0 atom stereocenters. The molecule has 0 fully saturated rings. The highest BCUT2D eigenvalue weighted by molar-refractivity contribution is 5.79. The Labute approximate surface area is 157 Å². The lowest BCUT2D eigenvalue weighted by molar-refractivity contribution is 0.414. The summed E-state index contributed by atoms with van der Waals surface area (Å²) in [5.74, 6) is 1.69. The number of para-hydroxylation sites is 1. The van der Waals surface area contributed by atoms with Gasteiger partial charge in [0.15, 0.2) is 5.96 Å². The summed E-state index contributed by atoms with van der Waals surface area (Å²) in [6.07, 6.45) is 2.22. The Balaban J connectivity index is 1.64. The fourth-order valence-electron chi connectivity index (χ4n) is 2.68. The molecule has 5 nitrogen and oxygen atoms in total. The number of guanidine groups is 1. The molecular weight excluding hydrogens is 324 g/mol. The maximum atomic E-state index is 5.25. The minimum Gasteiger partial charge on any atom is -0.497 e. The van der Waals surface area contributed by atoms with E-state index in [2.05, 4.69) is 57.9 Å². The van der Waals surface area contributed by atoms with Crippen LogP contribution in [0.5, 0.6) is 5.75 Å². The molecule has 0 spiro atoms. The Kier molecular flexibility index (Phi) is 8.33. The Morgan fingerprint density at radius 1 is 1.04 bits per heavy atom. The predicted molar refractivity (Wildman–Crippen MR) is 110 cm³/mol. The molecule has 0 amide bonds. The van der Waals surface area contributed by atoms with Crippen LogP contribution in [0.25, 0.3) is 0 Å². The normalized spacial score (nSPS) is 11.1. The second kappa shape index (κ2) is 11.0. The summed E-state index contributed by atoms with van der Waals surface area (Å²) in [5, 5.41) is 6.71. The van der Waals surface area contributed by atoms with Gasteiger partial charge in [-0.05, 0) is 42.7 Å². The van der Waals surface area contributed by atoms with Gasteiger partial charge in [-0.25, -0.2) is 0 Å². The fraction of sp³-hybridized carbons (Fsp3) is 0.381. The molecule has 0 aromatic heterocycles. The first-order valence-corrected chi connectivity index (χ1v) is 9.06. The van der Waals surface area contributed by atoms with Crippen LogP contribution in [-0.2, 0) is 6.54 Å². The van der Waals surface area contributed by atoms with Crippen LogP contribution in [-0.4, -0.2) is 40.3 Å². The zero-order valence-corrected chi connectivity index (χ0v) is 16.0. The number of methoxy groups -OCH3 is 1. The van der Waals surface area contributed by atoms with Crippen LogP contribution in [0.2, 0.25) is 0 Å². The maximum Gasteiger partial charge on any atom is 0.191 e. The van der Waals surface area contributed by atoms with Crippen LogP contribution >= 0.6 is 0 Å². The third-order valence-corrected chi connectivity index (χ3v) is 4.23. The number of aliphatic imine (C=N–C) groups is 1. The van der Waals surface area contributed by atoms with Gasteiger partial charge >= 0.3 is 0 Å². The molecule has 0 heterocycles. The first kappa shape index (κ1) is 19.6. The van der Waals surface area contributed by atoms with Gasteiger partial charge in [0, 0.05) is 39.4 Å². The van der Waals surface area contributed by atoms with Gasteiger partial charge in [-0.1, -0.05) is 30.3 Å². The zero-order valence-electron chi connectivity index (χ0n) is 16.0. The van der Waals surface area contributed by atoms with Crippen LogP contribution in [0.3, 0.4) is 0 Å². The molecule has 0 saturated carbocycles. The average Bonchev–Trinajstić information content (AvgIpc) is 2.70. The van der Waals surface area contributed by atoms with Crippen molar-refractivity contribution >= 4 is 11.6 Å². The Hall–Kier alpha value is -2.69. The second-order valence-corrected chi connectivity index (χ2v) is 6.17. The topological polar surface area (TPSA) is 48.9 Å². The minimum atomic E-state index is 0.716. The summed E-state index contributed by atoms with van der Waals surface area (Å²) in [4.78, 5) is 6.57. The van der Waals surface area contributed by atoms with Crippen molar-refractivity contribution in [2.45, 2.75) is 19.4 Å². The lowest BCUT2D eigenvalue weighted by Gasteiger charge is -2.19. The van der Waals surface area contributed by atoms with E-state index in [1.807, 2.05) is 24.3 Å². The number of anilines is 1. The number of nitrogens with zero attached hydrogens (tertiary/aromatic N) is 2. The Bertz CT molecular complexity index is 673. The van der Waals surface area contributed by atoms with Crippen LogP contribution in [0, 0.1) is 0 Å². The van der Waals surface area contributed by atoms with Gasteiger partial charge < -0.3 is 20.3 Å². The van der Waals surface area contributed by atoms with Crippen molar-refractivity contribution < 1.29 is 4.74 Å². The predicted octanol–water partition coefficient (Wildman–Crippen LogP) is 3.28. The number of hydrogen-bond acceptors (Lipinski definition) is 3. The molecule has 2 aromatic carbocycles. The quantitative estimate of drug-likeness (QED) is 0.412. The summed E-state index contributed by atoms with van der Waals surface area (Å²) in [7, 11) is 5.61. The van der Waals surface area contributed by atoms with Crippen molar-refractivity contribution in [3.8, 4) is 5.75 Å². The van der Waals surface area contributed by atoms with Crippen molar-refractivity contribution in [1.82, 2.24) is 10.6 Å². The van der Waals surface area contributed by atoms with Gasteiger partial charge in [-0.15, -0.1) is 0 Å². The van der Waals surface area contributed by atoms with Crippen LogP contribution in [0.1, 0.15) is 18.4 Å². The lowest BCUT2D eigenvalue weighted by atomic mass is 10.2. The van der Waals surface area contributed by atoms with E-state index in [0.29, 0.717) is 6.54 Å². The molecule has 0 aliphatic heterocycles. The largest absolute Gasteiger partial charge is 0.497 e. The van der Waals surface area contributed by atoms with E-state index < -0.39 is 0 Å². The zero-order chi connectivity index (χ0) is 18.6. The summed E-state index contributed by atoms with van der Waals surface area (Å²) in [6.45, 7) is 2.66. The van der Waals surface area contributed by atoms with Crippen molar-refractivity contribution in [1.29, 1.82) is 0 Å². The molecule has 140 valence electrons. The van der Waals surface area contributed by atoms with Gasteiger partial charge in [0.2, 0.25) is 0 Å². The summed E-state index contributed by atoms with van der Waals surface area (Å²) in [6, 6.07) is 18.5. The number of hydrogen-bond donors (Lipinski definition) is 2. The molecule has 0 unspecified atom stereocenters. The van der Waals surface area contributed by atoms with Gasteiger partial charge in [0.25, 0.3) is 0 Å². The average molecular weight is 354 g/mol. The highest BCUT2D eigenvalue weighted by Gasteiger charge is 2.01. The van der Waals surface area contributed by atoms with Gasteiger partial charge in [-0.3, -0.25) is 4.99 Å². The molecule has 5 heteroatoms. The van der Waals surface area contributed by atoms with E-state index in [9.17, 15) is 0 Å². The first-order chi connectivity index (χ1) is 12.7. The number of benzene rings is 2. The van der Waals surface area contributed by atoms with Crippen LogP contribution in [0.15, 0.2) is 59.6 Å². The Morgan fingerprint density at radius 2 is 1.85 bits per heavy atom. The van der Waals surface area contributed by atoms with Crippen molar-refractivity contribution in [3.05, 3.63) is 60.2 Å². The number of unbranched alkanes of at least 4 members (excludes halogenated alkanes) is 1. The highest BCUT2D eigenvalue weighted by atomic mass is 16.5. The van der Waals surface area contributed by atoms with E-state index in [1.165, 1.54) is 5.69 Å². The van der Waals surface area contributed by atoms with E-state index >= 15 is 0 Å². The molecule has 0 aliphatic rings. The third-order valence-electron chi connectivity index (χ3n) is 4.23. The summed E-state index contributed by atoms with van der Waals surface area (Å²) in [5.41, 5.74) is 2.42. The van der Waals surface area contributed by atoms with Crippen LogP contribution in [0.4, 0.5) is 5.69 Å². The molecule has 2 aromatic rings. The fourth-order valence-corrected chi connectivity index (χ4v) is 2.68. The van der Waals surface area contributed by atoms with Crippen LogP contribution < -0.4 is 20.3 Å². The number of rotatable bonds is 9. The highest BCUT2D eigenvalue weighted by Crippen LogP contribution is 2.12. The molecule has 0 saturated heterocycles. The monoisotopic (exact) mass is 354 g/mol. The minimum absolute atomic E-state index is 0.716. The third kappa shape index (κ3) is 6.67. The van der Waals surface area contributed by atoms with Crippen molar-refractivity contribution in [3.63, 3.8) is 0 Å². The van der Waals surface area contributed by atoms with E-state index in [4.69, 9.17) is 4.74 Å². The second-order valence-electron chi connectivity index (χ2n) is 6.17. The van der Waals surface area contributed by atoms with E-state index in [0.717, 1.165) is 43.2 Å². The van der Waals surface area contributed by atoms with Crippen molar-refractivity contribution in [2.75, 3.05) is 39.2 Å². The molecule has 0 aliphatic carbocycles. The molecule has 2 rings (SSSR count). The van der Waals surface area contributed by atoms with E-state index in [1.54, 1.807) is 14.2 Å². The molecule has 2 N–H and O–H groups in total. The standard InChI is InChI=1S/C21H30N4O/c1-22-21(24-17-18-10-9-13-20(16-18)26-3)23-14-7-8-15-25(2)19-11-5-4-6-12-19/h4-6,9-13,16H,7-8,14-15,17H2,1-3H3,(H2,22,23,24). The summed E-state index contributed by atoms with van der Waals surface area (Å²) >= 11 is 0. The molecular formula is C21H30N4O. The number of nitrogens with one attached hydrogen (secondary N) is 2. The lowest BCUT2D eigenvalue weighted by Crippen LogP contribution is -2.37. The van der Waals surface area contributed by atoms with Gasteiger partial charge in [-0.2, -0.15) is 0 Å². The smallest absolute Gasteiger partial charge is 0.191 e. The first-order valence-electron chi connectivity index (χ1n) is 9.06. The number of ether oxygens (including phenoxy) is 1. The Morgan fingerprint density at radius 3 is 2.58 bits per heavy atom. The van der Waals surface area contributed by atoms with Crippen molar-refractivity contribution in [2.24, 2.45) is 4.99 Å². The van der Waals surface area contributed by atoms with E-state index in [-0.39, 0.29) is 0 Å². The molecule has 0 bridgehead atoms. The molecule has 0 radical (unpaired) electrons. The van der Waals surface area contributed by atoms with Gasteiger partial charge in [0.1, 0.15) is 5.75 Å². The summed E-state index contributed by atoms with van der Waals surface area (Å²) < 4.78 is 5.25. The maximum absolute atomic E-state index is 5.25. The SMILES string of the molecule is CN=C(NCCCCN(C)c1ccccc1)NCc1cccc(OC)c1. The van der Waals surface area contributed by atoms with Gasteiger partial charge in [0.05, 0.1) is 7.11 Å².